The van der Waals surface area contributed by atoms with Gasteiger partial charge in [-0.05, 0) is 26.0 Å². The van der Waals surface area contributed by atoms with Crippen molar-refractivity contribution in [3.8, 4) is 6.07 Å². The lowest BCUT2D eigenvalue weighted by atomic mass is 9.88. The van der Waals surface area contributed by atoms with E-state index in [2.05, 4.69) is 27.9 Å². The number of imidazole rings is 1. The highest BCUT2D eigenvalue weighted by Gasteiger charge is 2.31. The van der Waals surface area contributed by atoms with Gasteiger partial charge in [0.2, 0.25) is 0 Å². The Bertz CT molecular complexity index is 624. The first-order valence-electron chi connectivity index (χ1n) is 7.33. The van der Waals surface area contributed by atoms with Crippen LogP contribution < -0.4 is 5.32 Å². The van der Waals surface area contributed by atoms with Crippen molar-refractivity contribution < 1.29 is 0 Å². The summed E-state index contributed by atoms with van der Waals surface area (Å²) in [5.74, 6) is 0. The Morgan fingerprint density at radius 2 is 2.00 bits per heavy atom. The van der Waals surface area contributed by atoms with Gasteiger partial charge in [0.15, 0.2) is 0 Å². The molecule has 2 aromatic rings. The Kier molecular flexibility index (Phi) is 4.77. The predicted molar refractivity (Wildman–Crippen MR) is 83.7 cm³/mol. The van der Waals surface area contributed by atoms with E-state index in [1.807, 2.05) is 50.5 Å². The molecule has 110 valence electrons. The minimum atomic E-state index is -0.652. The quantitative estimate of drug-likeness (QED) is 0.886. The molecule has 4 nitrogen and oxygen atoms in total. The number of nitrogens with one attached hydrogen (secondary N) is 1. The summed E-state index contributed by atoms with van der Waals surface area (Å²) in [6.07, 6.45) is 2.56. The molecule has 0 fully saturated rings. The summed E-state index contributed by atoms with van der Waals surface area (Å²) in [7, 11) is 0. The Labute approximate surface area is 126 Å². The van der Waals surface area contributed by atoms with E-state index in [1.54, 1.807) is 0 Å². The van der Waals surface area contributed by atoms with E-state index in [-0.39, 0.29) is 0 Å². The zero-order chi connectivity index (χ0) is 15.3. The van der Waals surface area contributed by atoms with E-state index in [1.165, 1.54) is 0 Å². The first-order valence-corrected chi connectivity index (χ1v) is 7.33. The number of nitrogens with zero attached hydrogens (tertiary/aromatic N) is 3. The van der Waals surface area contributed by atoms with Crippen LogP contribution in [-0.4, -0.2) is 16.1 Å². The van der Waals surface area contributed by atoms with Crippen molar-refractivity contribution in [2.75, 3.05) is 6.54 Å². The van der Waals surface area contributed by atoms with E-state index >= 15 is 0 Å². The lowest BCUT2D eigenvalue weighted by Gasteiger charge is -2.28. The van der Waals surface area contributed by atoms with Crippen LogP contribution in [0.25, 0.3) is 0 Å². The third-order valence-electron chi connectivity index (χ3n) is 4.01. The molecule has 0 spiro atoms. The van der Waals surface area contributed by atoms with E-state index in [0.29, 0.717) is 6.42 Å². The fourth-order valence-corrected chi connectivity index (χ4v) is 2.58. The molecule has 4 heteroatoms. The van der Waals surface area contributed by atoms with Crippen LogP contribution in [0.4, 0.5) is 0 Å². The maximum absolute atomic E-state index is 9.78. The fourth-order valence-electron chi connectivity index (χ4n) is 2.58. The average Bonchev–Trinajstić information content (AvgIpc) is 2.84. The van der Waals surface area contributed by atoms with Crippen LogP contribution in [0.3, 0.4) is 0 Å². The minimum absolute atomic E-state index is 0.652. The van der Waals surface area contributed by atoms with E-state index in [9.17, 15) is 5.26 Å². The molecule has 1 aromatic carbocycles. The Morgan fingerprint density at radius 3 is 2.52 bits per heavy atom. The molecule has 1 unspecified atom stereocenters. The molecule has 21 heavy (non-hydrogen) atoms. The van der Waals surface area contributed by atoms with Gasteiger partial charge in [-0.15, -0.1) is 0 Å². The zero-order valence-corrected chi connectivity index (χ0v) is 12.9. The van der Waals surface area contributed by atoms with Crippen LogP contribution in [0, 0.1) is 25.2 Å². The Hall–Kier alpha value is -2.12. The van der Waals surface area contributed by atoms with Gasteiger partial charge in [0.05, 0.1) is 18.1 Å². The van der Waals surface area contributed by atoms with Crippen molar-refractivity contribution >= 4 is 0 Å². The van der Waals surface area contributed by atoms with Gasteiger partial charge in [-0.2, -0.15) is 5.26 Å². The smallest absolute Gasteiger partial charge is 0.133 e. The predicted octanol–water partition coefficient (Wildman–Crippen LogP) is 2.92. The molecule has 0 bridgehead atoms. The van der Waals surface area contributed by atoms with Crippen molar-refractivity contribution in [1.29, 1.82) is 5.26 Å². The lowest BCUT2D eigenvalue weighted by Crippen LogP contribution is -2.42. The molecule has 1 aromatic heterocycles. The molecular formula is C17H22N4. The average molecular weight is 282 g/mol. The summed E-state index contributed by atoms with van der Waals surface area (Å²) >= 11 is 0. The summed E-state index contributed by atoms with van der Waals surface area (Å²) < 4.78 is 2.11. The normalized spacial score (nSPS) is 13.6. The van der Waals surface area contributed by atoms with Crippen LogP contribution in [0.2, 0.25) is 0 Å². The maximum atomic E-state index is 9.78. The van der Waals surface area contributed by atoms with Crippen LogP contribution >= 0.6 is 0 Å². The van der Waals surface area contributed by atoms with Gasteiger partial charge in [0.25, 0.3) is 0 Å². The Morgan fingerprint density at radius 1 is 1.29 bits per heavy atom. The van der Waals surface area contributed by atoms with Crippen LogP contribution in [0.1, 0.15) is 30.3 Å². The van der Waals surface area contributed by atoms with Gasteiger partial charge < -0.3 is 4.57 Å². The van der Waals surface area contributed by atoms with E-state index in [0.717, 1.165) is 30.0 Å². The number of hydrogen-bond donors (Lipinski definition) is 1. The zero-order valence-electron chi connectivity index (χ0n) is 12.9. The summed E-state index contributed by atoms with van der Waals surface area (Å²) in [6.45, 7) is 7.62. The van der Waals surface area contributed by atoms with Crippen molar-refractivity contribution in [2.24, 2.45) is 0 Å². The van der Waals surface area contributed by atoms with Crippen molar-refractivity contribution in [3.63, 3.8) is 0 Å². The number of hydrogen-bond acceptors (Lipinski definition) is 3. The molecule has 0 saturated carbocycles. The molecule has 2 rings (SSSR count). The number of benzene rings is 1. The minimum Gasteiger partial charge on any atom is -0.334 e. The van der Waals surface area contributed by atoms with Gasteiger partial charge in [-0.25, -0.2) is 4.98 Å². The molecule has 0 aliphatic carbocycles. The molecule has 0 saturated heterocycles. The molecular weight excluding hydrogens is 260 g/mol. The summed E-state index contributed by atoms with van der Waals surface area (Å²) in [6, 6.07) is 12.4. The van der Waals surface area contributed by atoms with Gasteiger partial charge in [0.1, 0.15) is 5.54 Å². The highest BCUT2D eigenvalue weighted by molar-refractivity contribution is 5.31. The third-order valence-corrected chi connectivity index (χ3v) is 4.01. The fraction of sp³-hybridized carbons (Fsp3) is 0.412. The first-order chi connectivity index (χ1) is 10.1. The SMILES string of the molecule is CCNC(C#N)(CCn1cnc(C)c1C)c1ccccc1. The third kappa shape index (κ3) is 3.14. The molecule has 1 N–H and O–H groups in total. The lowest BCUT2D eigenvalue weighted by molar-refractivity contribution is 0.380. The van der Waals surface area contributed by atoms with Crippen molar-refractivity contribution in [2.45, 2.75) is 39.3 Å². The highest BCUT2D eigenvalue weighted by Crippen LogP contribution is 2.25. The van der Waals surface area contributed by atoms with Crippen molar-refractivity contribution in [1.82, 2.24) is 14.9 Å². The summed E-state index contributed by atoms with van der Waals surface area (Å²) in [5, 5.41) is 13.1. The second-order valence-electron chi connectivity index (χ2n) is 5.27. The molecule has 0 aliphatic rings. The number of nitriles is 1. The topological polar surface area (TPSA) is 53.6 Å². The van der Waals surface area contributed by atoms with Crippen LogP contribution in [0.5, 0.6) is 0 Å². The Balaban J connectivity index is 2.25. The molecule has 0 amide bonds. The van der Waals surface area contributed by atoms with Crippen molar-refractivity contribution in [3.05, 3.63) is 53.6 Å². The molecule has 0 aliphatic heterocycles. The molecule has 0 radical (unpaired) electrons. The number of aromatic nitrogens is 2. The number of rotatable bonds is 6. The number of aryl methyl sites for hydroxylation is 2. The largest absolute Gasteiger partial charge is 0.334 e. The first kappa shape index (κ1) is 15.3. The summed E-state index contributed by atoms with van der Waals surface area (Å²) in [5.41, 5.74) is 2.57. The van der Waals surface area contributed by atoms with E-state index in [4.69, 9.17) is 0 Å². The second kappa shape index (κ2) is 6.55. The highest BCUT2D eigenvalue weighted by atomic mass is 15.1. The van der Waals surface area contributed by atoms with Crippen LogP contribution in [0.15, 0.2) is 36.7 Å². The maximum Gasteiger partial charge on any atom is 0.133 e. The van der Waals surface area contributed by atoms with Gasteiger partial charge >= 0.3 is 0 Å². The molecule has 1 atom stereocenters. The van der Waals surface area contributed by atoms with Gasteiger partial charge in [-0.3, -0.25) is 5.32 Å². The standard InChI is InChI=1S/C17H22N4/c1-4-20-17(12-18,16-8-6-5-7-9-16)10-11-21-13-19-14(2)15(21)3/h5-9,13,20H,4,10-11H2,1-3H3. The van der Waals surface area contributed by atoms with Gasteiger partial charge in [-0.1, -0.05) is 37.3 Å². The summed E-state index contributed by atoms with van der Waals surface area (Å²) in [4.78, 5) is 4.32. The monoisotopic (exact) mass is 282 g/mol. The molecule has 1 heterocycles. The second-order valence-corrected chi connectivity index (χ2v) is 5.27. The van der Waals surface area contributed by atoms with Crippen LogP contribution in [-0.2, 0) is 12.1 Å². The van der Waals surface area contributed by atoms with E-state index < -0.39 is 5.54 Å². The van der Waals surface area contributed by atoms with Gasteiger partial charge in [0, 0.05) is 18.7 Å².